The van der Waals surface area contributed by atoms with E-state index >= 15 is 0 Å². The molecule has 0 unspecified atom stereocenters. The van der Waals surface area contributed by atoms with Gasteiger partial charge in [-0.3, -0.25) is 9.59 Å². The number of hydrogen-bond donors (Lipinski definition) is 1. The maximum atomic E-state index is 13.0. The van der Waals surface area contributed by atoms with Crippen LogP contribution in [0, 0.1) is 12.8 Å². The number of carbonyl (C=O) groups is 2. The lowest BCUT2D eigenvalue weighted by molar-refractivity contribution is -0.137. The number of nitrogens with zero attached hydrogens (tertiary/aromatic N) is 2. The summed E-state index contributed by atoms with van der Waals surface area (Å²) in [6.07, 6.45) is 1.09. The predicted molar refractivity (Wildman–Crippen MR) is 114 cm³/mol. The van der Waals surface area contributed by atoms with Crippen LogP contribution in [-0.4, -0.2) is 46.9 Å². The summed E-state index contributed by atoms with van der Waals surface area (Å²) in [5.74, 6) is -0.147. The molecule has 2 aromatic rings. The van der Waals surface area contributed by atoms with E-state index in [4.69, 9.17) is 4.74 Å². The Morgan fingerprint density at radius 1 is 1.31 bits per heavy atom. The van der Waals surface area contributed by atoms with E-state index in [1.54, 1.807) is 11.3 Å². The second kappa shape index (κ2) is 9.98. The Morgan fingerprint density at radius 2 is 2.07 bits per heavy atom. The number of hydrogen-bond acceptors (Lipinski definition) is 5. The number of likely N-dealkylation sites (tertiary alicyclic amines) is 1. The molecule has 1 N–H and O–H groups in total. The molecule has 0 radical (unpaired) electrons. The van der Waals surface area contributed by atoms with Crippen molar-refractivity contribution in [1.82, 2.24) is 15.2 Å². The van der Waals surface area contributed by atoms with Gasteiger partial charge in [0.1, 0.15) is 6.04 Å². The van der Waals surface area contributed by atoms with Crippen molar-refractivity contribution in [3.63, 3.8) is 0 Å². The van der Waals surface area contributed by atoms with Gasteiger partial charge in [0.05, 0.1) is 29.8 Å². The first-order chi connectivity index (χ1) is 13.9. The third-order valence-corrected chi connectivity index (χ3v) is 5.87. The predicted octanol–water partition coefficient (Wildman–Crippen LogP) is 2.95. The van der Waals surface area contributed by atoms with Crippen molar-refractivity contribution in [2.75, 3.05) is 13.1 Å². The fourth-order valence-electron chi connectivity index (χ4n) is 3.46. The molecule has 1 aromatic carbocycles. The van der Waals surface area contributed by atoms with Gasteiger partial charge in [0.2, 0.25) is 11.8 Å². The van der Waals surface area contributed by atoms with E-state index in [0.717, 1.165) is 22.7 Å². The molecule has 1 aromatic heterocycles. The molecular weight excluding hydrogens is 386 g/mol. The van der Waals surface area contributed by atoms with Crippen molar-refractivity contribution in [1.29, 1.82) is 0 Å². The van der Waals surface area contributed by atoms with Crippen LogP contribution >= 0.6 is 11.3 Å². The van der Waals surface area contributed by atoms with Crippen LogP contribution in [0.25, 0.3) is 0 Å². The number of thiazole rings is 1. The lowest BCUT2D eigenvalue weighted by Crippen LogP contribution is -2.51. The maximum Gasteiger partial charge on any atom is 0.245 e. The standard InChI is InChI=1S/C22H29N3O3S/c1-15(2)21(24-20(26)11-17-7-5-4-6-8-17)22(27)25-10-9-19(12-25)28-13-18-14-29-16(3)23-18/h4-8,14-15,19,21H,9-13H2,1-3H3,(H,24,26)/t19-,21+/m0/s1. The molecule has 2 heterocycles. The van der Waals surface area contributed by atoms with Crippen LogP contribution in [0.15, 0.2) is 35.7 Å². The van der Waals surface area contributed by atoms with Gasteiger partial charge in [-0.15, -0.1) is 11.3 Å². The summed E-state index contributed by atoms with van der Waals surface area (Å²) in [7, 11) is 0. The van der Waals surface area contributed by atoms with Gasteiger partial charge < -0.3 is 15.0 Å². The van der Waals surface area contributed by atoms with Crippen molar-refractivity contribution in [3.05, 3.63) is 52.0 Å². The van der Waals surface area contributed by atoms with Crippen LogP contribution in [0.2, 0.25) is 0 Å². The summed E-state index contributed by atoms with van der Waals surface area (Å²) in [5, 5.41) is 5.97. The summed E-state index contributed by atoms with van der Waals surface area (Å²) in [5.41, 5.74) is 1.87. The van der Waals surface area contributed by atoms with Gasteiger partial charge in [-0.1, -0.05) is 44.2 Å². The molecule has 29 heavy (non-hydrogen) atoms. The average molecular weight is 416 g/mol. The first-order valence-corrected chi connectivity index (χ1v) is 10.9. The van der Waals surface area contributed by atoms with E-state index in [9.17, 15) is 9.59 Å². The summed E-state index contributed by atoms with van der Waals surface area (Å²) in [6, 6.07) is 9.04. The minimum absolute atomic E-state index is 0.00814. The molecule has 0 saturated carbocycles. The summed E-state index contributed by atoms with van der Waals surface area (Å²) >= 11 is 1.61. The molecule has 1 aliphatic rings. The minimum atomic E-state index is -0.522. The topological polar surface area (TPSA) is 71.5 Å². The smallest absolute Gasteiger partial charge is 0.245 e. The summed E-state index contributed by atoms with van der Waals surface area (Å²) < 4.78 is 5.95. The SMILES string of the molecule is Cc1nc(CO[C@H]2CCN(C(=O)[C@H](NC(=O)Cc3ccccc3)C(C)C)C2)cs1. The fourth-order valence-corrected chi connectivity index (χ4v) is 4.06. The highest BCUT2D eigenvalue weighted by Gasteiger charge is 2.33. The molecule has 0 aliphatic carbocycles. The van der Waals surface area contributed by atoms with Gasteiger partial charge in [-0.25, -0.2) is 4.98 Å². The highest BCUT2D eigenvalue weighted by Crippen LogP contribution is 2.18. The summed E-state index contributed by atoms with van der Waals surface area (Å²) in [6.45, 7) is 7.57. The Labute approximate surface area is 176 Å². The zero-order valence-electron chi connectivity index (χ0n) is 17.3. The van der Waals surface area contributed by atoms with Gasteiger partial charge in [-0.05, 0) is 24.8 Å². The monoisotopic (exact) mass is 415 g/mol. The molecule has 6 nitrogen and oxygen atoms in total. The molecule has 3 rings (SSSR count). The largest absolute Gasteiger partial charge is 0.370 e. The molecule has 7 heteroatoms. The van der Waals surface area contributed by atoms with Crippen LogP contribution in [0.3, 0.4) is 0 Å². The highest BCUT2D eigenvalue weighted by molar-refractivity contribution is 7.09. The molecule has 2 atom stereocenters. The third kappa shape index (κ3) is 6.11. The van der Waals surface area contributed by atoms with Gasteiger partial charge in [0.15, 0.2) is 0 Å². The van der Waals surface area contributed by atoms with E-state index < -0.39 is 6.04 Å². The van der Waals surface area contributed by atoms with Gasteiger partial charge >= 0.3 is 0 Å². The van der Waals surface area contributed by atoms with E-state index in [1.165, 1.54) is 0 Å². The second-order valence-corrected chi connectivity index (χ2v) is 8.88. The van der Waals surface area contributed by atoms with Crippen molar-refractivity contribution < 1.29 is 14.3 Å². The van der Waals surface area contributed by atoms with Gasteiger partial charge in [-0.2, -0.15) is 0 Å². The van der Waals surface area contributed by atoms with Crippen LogP contribution in [0.4, 0.5) is 0 Å². The zero-order valence-corrected chi connectivity index (χ0v) is 18.1. The van der Waals surface area contributed by atoms with Crippen LogP contribution in [0.1, 0.15) is 36.5 Å². The quantitative estimate of drug-likeness (QED) is 0.720. The maximum absolute atomic E-state index is 13.0. The minimum Gasteiger partial charge on any atom is -0.370 e. The van der Waals surface area contributed by atoms with Gasteiger partial charge in [0.25, 0.3) is 0 Å². The first kappa shape index (κ1) is 21.5. The summed E-state index contributed by atoms with van der Waals surface area (Å²) in [4.78, 5) is 31.7. The number of amides is 2. The Bertz CT molecular complexity index is 822. The van der Waals surface area contributed by atoms with Crippen molar-refractivity contribution >= 4 is 23.2 Å². The van der Waals surface area contributed by atoms with Crippen LogP contribution < -0.4 is 5.32 Å². The Hall–Kier alpha value is -2.25. The third-order valence-electron chi connectivity index (χ3n) is 5.05. The van der Waals surface area contributed by atoms with Crippen molar-refractivity contribution in [3.8, 4) is 0 Å². The number of aryl methyl sites for hydroxylation is 1. The van der Waals surface area contributed by atoms with Crippen molar-refractivity contribution in [2.45, 2.75) is 52.4 Å². The zero-order chi connectivity index (χ0) is 20.8. The van der Waals surface area contributed by atoms with Crippen molar-refractivity contribution in [2.24, 2.45) is 5.92 Å². The fraction of sp³-hybridized carbons (Fsp3) is 0.500. The van der Waals surface area contributed by atoms with Crippen LogP contribution in [-0.2, 0) is 27.4 Å². The van der Waals surface area contributed by atoms with Gasteiger partial charge in [0, 0.05) is 18.5 Å². The Kier molecular flexibility index (Phi) is 7.39. The number of benzene rings is 1. The molecular formula is C22H29N3O3S. The average Bonchev–Trinajstić information content (AvgIpc) is 3.33. The number of aromatic nitrogens is 1. The molecule has 1 saturated heterocycles. The number of carbonyl (C=O) groups excluding carboxylic acids is 2. The van der Waals surface area contributed by atoms with E-state index in [-0.39, 0.29) is 30.3 Å². The molecule has 0 bridgehead atoms. The highest BCUT2D eigenvalue weighted by atomic mass is 32.1. The lowest BCUT2D eigenvalue weighted by Gasteiger charge is -2.27. The normalized spacial score (nSPS) is 17.5. The number of rotatable bonds is 8. The second-order valence-electron chi connectivity index (χ2n) is 7.82. The first-order valence-electron chi connectivity index (χ1n) is 10.1. The number of nitrogens with one attached hydrogen (secondary N) is 1. The molecule has 1 fully saturated rings. The lowest BCUT2D eigenvalue weighted by atomic mass is 10.0. The van der Waals surface area contributed by atoms with E-state index in [1.807, 2.05) is 61.4 Å². The Morgan fingerprint density at radius 3 is 2.72 bits per heavy atom. The van der Waals surface area contributed by atoms with Crippen LogP contribution in [0.5, 0.6) is 0 Å². The number of ether oxygens (including phenoxy) is 1. The molecule has 0 spiro atoms. The molecule has 1 aliphatic heterocycles. The molecule has 2 amide bonds. The van der Waals surface area contributed by atoms with E-state index in [2.05, 4.69) is 10.3 Å². The van der Waals surface area contributed by atoms with E-state index in [0.29, 0.717) is 19.7 Å². The molecule has 156 valence electrons. The Balaban J connectivity index is 1.51.